The fourth-order valence-corrected chi connectivity index (χ4v) is 2.28. The maximum absolute atomic E-state index is 13.5. The first kappa shape index (κ1) is 17.7. The van der Waals surface area contributed by atoms with Crippen molar-refractivity contribution >= 4 is 11.9 Å². The first-order chi connectivity index (χ1) is 12.5. The van der Waals surface area contributed by atoms with Crippen LogP contribution in [0.2, 0.25) is 0 Å². The van der Waals surface area contributed by atoms with Gasteiger partial charge in [0.1, 0.15) is 18.2 Å². The molecule has 0 aromatic heterocycles. The normalized spacial score (nSPS) is 15.2. The summed E-state index contributed by atoms with van der Waals surface area (Å²) in [5.74, 6) is -1.91. The first-order valence-corrected chi connectivity index (χ1v) is 7.78. The van der Waals surface area contributed by atoms with Gasteiger partial charge in [-0.15, -0.1) is 0 Å². The van der Waals surface area contributed by atoms with Gasteiger partial charge in [-0.2, -0.15) is 0 Å². The van der Waals surface area contributed by atoms with Gasteiger partial charge >= 0.3 is 5.97 Å². The number of ether oxygens (including phenoxy) is 3. The SMILES string of the molecule is O=C(COC(=O)[C@H]1COc2ccccc2O1)NCc1ccc(F)cc1F. The Hall–Kier alpha value is -3.16. The van der Waals surface area contributed by atoms with Crippen LogP contribution in [-0.2, 0) is 20.9 Å². The third-order valence-corrected chi connectivity index (χ3v) is 3.61. The molecule has 6 nitrogen and oxygen atoms in total. The van der Waals surface area contributed by atoms with Crippen molar-refractivity contribution < 1.29 is 32.6 Å². The lowest BCUT2D eigenvalue weighted by molar-refractivity contribution is -0.157. The smallest absolute Gasteiger partial charge is 0.351 e. The average Bonchev–Trinajstić information content (AvgIpc) is 2.65. The number of rotatable bonds is 5. The highest BCUT2D eigenvalue weighted by Gasteiger charge is 2.29. The topological polar surface area (TPSA) is 73.9 Å². The molecule has 0 fully saturated rings. The van der Waals surface area contributed by atoms with Gasteiger partial charge in [0.2, 0.25) is 6.10 Å². The molecule has 0 bridgehead atoms. The van der Waals surface area contributed by atoms with Crippen molar-refractivity contribution in [2.45, 2.75) is 12.6 Å². The molecule has 2 aromatic carbocycles. The second kappa shape index (κ2) is 7.81. The number of fused-ring (bicyclic) bond motifs is 1. The van der Waals surface area contributed by atoms with E-state index in [0.717, 1.165) is 12.1 Å². The summed E-state index contributed by atoms with van der Waals surface area (Å²) in [6.45, 7) is -0.736. The minimum atomic E-state index is -0.979. The predicted octanol–water partition coefficient (Wildman–Crippen LogP) is 1.96. The number of esters is 1. The molecule has 0 saturated heterocycles. The maximum Gasteiger partial charge on any atom is 0.351 e. The van der Waals surface area contributed by atoms with Crippen molar-refractivity contribution in [3.63, 3.8) is 0 Å². The van der Waals surface area contributed by atoms with E-state index in [1.807, 2.05) is 0 Å². The van der Waals surface area contributed by atoms with Crippen LogP contribution in [0.3, 0.4) is 0 Å². The Kier molecular flexibility index (Phi) is 5.31. The lowest BCUT2D eigenvalue weighted by Crippen LogP contribution is -2.39. The average molecular weight is 363 g/mol. The van der Waals surface area contributed by atoms with E-state index in [2.05, 4.69) is 5.32 Å². The monoisotopic (exact) mass is 363 g/mol. The summed E-state index contributed by atoms with van der Waals surface area (Å²) in [6.07, 6.45) is -0.979. The zero-order chi connectivity index (χ0) is 18.5. The summed E-state index contributed by atoms with van der Waals surface area (Å²) in [5, 5.41) is 2.38. The van der Waals surface area contributed by atoms with E-state index in [-0.39, 0.29) is 18.7 Å². The van der Waals surface area contributed by atoms with Crippen LogP contribution in [0, 0.1) is 11.6 Å². The maximum atomic E-state index is 13.5. The van der Waals surface area contributed by atoms with Crippen molar-refractivity contribution in [1.82, 2.24) is 5.32 Å². The first-order valence-electron chi connectivity index (χ1n) is 7.78. The van der Waals surface area contributed by atoms with Crippen LogP contribution in [0.25, 0.3) is 0 Å². The zero-order valence-electron chi connectivity index (χ0n) is 13.5. The molecule has 0 aliphatic carbocycles. The van der Waals surface area contributed by atoms with Crippen molar-refractivity contribution in [3.05, 3.63) is 59.7 Å². The van der Waals surface area contributed by atoms with Crippen molar-refractivity contribution in [3.8, 4) is 11.5 Å². The minimum Gasteiger partial charge on any atom is -0.485 e. The number of benzene rings is 2. The molecule has 3 rings (SSSR count). The van der Waals surface area contributed by atoms with E-state index in [1.165, 1.54) is 6.07 Å². The van der Waals surface area contributed by atoms with E-state index in [4.69, 9.17) is 14.2 Å². The van der Waals surface area contributed by atoms with Gasteiger partial charge in [0.05, 0.1) is 0 Å². The molecule has 1 atom stereocenters. The summed E-state index contributed by atoms with van der Waals surface area (Å²) in [4.78, 5) is 23.7. The number of halogens is 2. The number of amides is 1. The molecule has 0 spiro atoms. The molecule has 1 aliphatic rings. The van der Waals surface area contributed by atoms with E-state index in [0.29, 0.717) is 11.5 Å². The molecule has 1 N–H and O–H groups in total. The summed E-state index contributed by atoms with van der Waals surface area (Å²) in [5.41, 5.74) is 0.117. The van der Waals surface area contributed by atoms with E-state index in [1.54, 1.807) is 24.3 Å². The van der Waals surface area contributed by atoms with E-state index in [9.17, 15) is 18.4 Å². The number of para-hydroxylation sites is 2. The van der Waals surface area contributed by atoms with Crippen LogP contribution in [-0.4, -0.2) is 31.2 Å². The Morgan fingerprint density at radius 1 is 1.15 bits per heavy atom. The molecule has 0 saturated carbocycles. The van der Waals surface area contributed by atoms with Crippen molar-refractivity contribution in [2.24, 2.45) is 0 Å². The number of carbonyl (C=O) groups is 2. The predicted molar refractivity (Wildman–Crippen MR) is 85.5 cm³/mol. The van der Waals surface area contributed by atoms with Crippen LogP contribution in [0.1, 0.15) is 5.56 Å². The van der Waals surface area contributed by atoms with Crippen LogP contribution in [0.5, 0.6) is 11.5 Å². The molecule has 0 unspecified atom stereocenters. The Morgan fingerprint density at radius 2 is 1.92 bits per heavy atom. The zero-order valence-corrected chi connectivity index (χ0v) is 13.5. The van der Waals surface area contributed by atoms with Gasteiger partial charge in [0, 0.05) is 18.2 Å². The molecular weight excluding hydrogens is 348 g/mol. The third-order valence-electron chi connectivity index (χ3n) is 3.61. The quantitative estimate of drug-likeness (QED) is 0.822. The Labute approximate surface area is 147 Å². The van der Waals surface area contributed by atoms with Crippen LogP contribution in [0.15, 0.2) is 42.5 Å². The molecular formula is C18H15F2NO5. The number of hydrogen-bond donors (Lipinski definition) is 1. The van der Waals surface area contributed by atoms with Crippen LogP contribution in [0.4, 0.5) is 8.78 Å². The minimum absolute atomic E-state index is 0.0295. The second-order valence-corrected chi connectivity index (χ2v) is 5.48. The van der Waals surface area contributed by atoms with Crippen molar-refractivity contribution in [2.75, 3.05) is 13.2 Å². The number of hydrogen-bond acceptors (Lipinski definition) is 5. The van der Waals surface area contributed by atoms with Gasteiger partial charge in [-0.05, 0) is 18.2 Å². The number of carbonyl (C=O) groups excluding carboxylic acids is 2. The summed E-state index contributed by atoms with van der Waals surface area (Å²) >= 11 is 0. The van der Waals surface area contributed by atoms with Gasteiger partial charge in [-0.1, -0.05) is 18.2 Å². The van der Waals surface area contributed by atoms with Gasteiger partial charge in [0.15, 0.2) is 18.1 Å². The highest BCUT2D eigenvalue weighted by molar-refractivity contribution is 5.82. The molecule has 0 radical (unpaired) electrons. The van der Waals surface area contributed by atoms with Gasteiger partial charge in [0.25, 0.3) is 5.91 Å². The fraction of sp³-hybridized carbons (Fsp3) is 0.222. The second-order valence-electron chi connectivity index (χ2n) is 5.48. The van der Waals surface area contributed by atoms with Gasteiger partial charge in [-0.3, -0.25) is 4.79 Å². The third kappa shape index (κ3) is 4.27. The highest BCUT2D eigenvalue weighted by Crippen LogP contribution is 2.31. The summed E-state index contributed by atoms with van der Waals surface area (Å²) in [6, 6.07) is 9.90. The fourth-order valence-electron chi connectivity index (χ4n) is 2.28. The lowest BCUT2D eigenvalue weighted by Gasteiger charge is -2.24. The number of nitrogens with one attached hydrogen (secondary N) is 1. The molecule has 1 aliphatic heterocycles. The molecule has 26 heavy (non-hydrogen) atoms. The Morgan fingerprint density at radius 3 is 2.69 bits per heavy atom. The van der Waals surface area contributed by atoms with Crippen LogP contribution >= 0.6 is 0 Å². The molecule has 2 aromatic rings. The lowest BCUT2D eigenvalue weighted by atomic mass is 10.2. The Bertz CT molecular complexity index is 827. The largest absolute Gasteiger partial charge is 0.485 e. The van der Waals surface area contributed by atoms with E-state index < -0.39 is 36.2 Å². The molecule has 1 amide bonds. The highest BCUT2D eigenvalue weighted by atomic mass is 19.1. The Balaban J connectivity index is 1.45. The van der Waals surface area contributed by atoms with E-state index >= 15 is 0 Å². The van der Waals surface area contributed by atoms with Gasteiger partial charge < -0.3 is 19.5 Å². The molecule has 1 heterocycles. The molecule has 136 valence electrons. The summed E-state index contributed by atoms with van der Waals surface area (Å²) < 4.78 is 42.0. The molecule has 8 heteroatoms. The summed E-state index contributed by atoms with van der Waals surface area (Å²) in [7, 11) is 0. The van der Waals surface area contributed by atoms with Crippen molar-refractivity contribution in [1.29, 1.82) is 0 Å². The van der Waals surface area contributed by atoms with Gasteiger partial charge in [-0.25, -0.2) is 13.6 Å². The standard InChI is InChI=1S/C18H15F2NO5/c19-12-6-5-11(13(20)7-12)8-21-17(22)10-25-18(23)16-9-24-14-3-1-2-4-15(14)26-16/h1-7,16H,8-10H2,(H,21,22)/t16-/m1/s1. The van der Waals surface area contributed by atoms with Crippen LogP contribution < -0.4 is 14.8 Å².